The van der Waals surface area contributed by atoms with Crippen LogP contribution in [0.2, 0.25) is 10.0 Å². The van der Waals surface area contributed by atoms with E-state index >= 15 is 0 Å². The third-order valence-electron chi connectivity index (χ3n) is 3.73. The lowest BCUT2D eigenvalue weighted by atomic mass is 10.1. The van der Waals surface area contributed by atoms with E-state index in [4.69, 9.17) is 37.9 Å². The first kappa shape index (κ1) is 20.2. The second kappa shape index (κ2) is 7.44. The topological polar surface area (TPSA) is 140 Å². The van der Waals surface area contributed by atoms with Crippen LogP contribution in [0.5, 0.6) is 0 Å². The summed E-state index contributed by atoms with van der Waals surface area (Å²) >= 11 is 11.9. The van der Waals surface area contributed by atoms with E-state index in [0.29, 0.717) is 10.4 Å². The maximum Gasteiger partial charge on any atom is 0.316 e. The van der Waals surface area contributed by atoms with Crippen molar-refractivity contribution in [3.05, 3.63) is 63.3 Å². The van der Waals surface area contributed by atoms with Crippen molar-refractivity contribution in [2.24, 2.45) is 5.73 Å². The molecule has 0 aliphatic heterocycles. The summed E-state index contributed by atoms with van der Waals surface area (Å²) in [5.41, 5.74) is 5.61. The van der Waals surface area contributed by atoms with Gasteiger partial charge in [-0.2, -0.15) is 8.42 Å². The summed E-state index contributed by atoms with van der Waals surface area (Å²) in [6, 6.07) is 7.49. The monoisotopic (exact) mass is 442 g/mol. The van der Waals surface area contributed by atoms with Crippen molar-refractivity contribution in [1.29, 1.82) is 0 Å². The number of hydrogen-bond donors (Lipinski definition) is 3. The second-order valence-corrected chi connectivity index (χ2v) is 8.10. The Morgan fingerprint density at radius 3 is 2.46 bits per heavy atom. The van der Waals surface area contributed by atoms with Crippen LogP contribution < -0.4 is 11.1 Å². The Balaban J connectivity index is 2.16. The summed E-state index contributed by atoms with van der Waals surface area (Å²) in [7, 11) is -4.27. The molecule has 0 spiro atoms. The largest absolute Gasteiger partial charge is 0.450 e. The lowest BCUT2D eigenvalue weighted by Gasteiger charge is -2.05. The highest BCUT2D eigenvalue weighted by Crippen LogP contribution is 2.35. The third kappa shape index (κ3) is 4.28. The van der Waals surface area contributed by atoms with Crippen LogP contribution in [0.3, 0.4) is 0 Å². The Kier molecular flexibility index (Phi) is 5.35. The zero-order valence-corrected chi connectivity index (χ0v) is 16.2. The van der Waals surface area contributed by atoms with Gasteiger partial charge in [-0.15, -0.1) is 0 Å². The van der Waals surface area contributed by atoms with Gasteiger partial charge in [-0.3, -0.25) is 9.35 Å². The van der Waals surface area contributed by atoms with E-state index in [1.165, 1.54) is 36.4 Å². The summed E-state index contributed by atoms with van der Waals surface area (Å²) in [5.74, 6) is -1.53. The minimum absolute atomic E-state index is 0.0110. The quantitative estimate of drug-likeness (QED) is 0.404. The van der Waals surface area contributed by atoms with Crippen molar-refractivity contribution in [2.75, 3.05) is 5.32 Å². The number of primary amides is 1. The molecule has 0 aliphatic carbocycles. The molecule has 0 saturated carbocycles. The Labute approximate surface area is 169 Å². The van der Waals surface area contributed by atoms with Gasteiger partial charge in [0.25, 0.3) is 10.1 Å². The normalized spacial score (nSPS) is 11.5. The van der Waals surface area contributed by atoms with E-state index < -0.39 is 27.7 Å². The second-order valence-electron chi connectivity index (χ2n) is 5.81. The molecule has 11 heteroatoms. The average molecular weight is 443 g/mol. The predicted octanol–water partition coefficient (Wildman–Crippen LogP) is 3.85. The number of ketones is 1. The van der Waals surface area contributed by atoms with Gasteiger partial charge in [0.2, 0.25) is 5.78 Å². The molecule has 4 N–H and O–H groups in total. The van der Waals surface area contributed by atoms with Crippen LogP contribution in [0.4, 0.5) is 10.5 Å². The third-order valence-corrected chi connectivity index (χ3v) is 4.98. The number of urea groups is 1. The molecule has 28 heavy (non-hydrogen) atoms. The molecule has 1 aromatic heterocycles. The minimum Gasteiger partial charge on any atom is -0.450 e. The van der Waals surface area contributed by atoms with Gasteiger partial charge in [0.05, 0.1) is 5.02 Å². The van der Waals surface area contributed by atoms with Crippen molar-refractivity contribution in [1.82, 2.24) is 0 Å². The number of nitrogens with two attached hydrogens (primary N) is 1. The van der Waals surface area contributed by atoms with Gasteiger partial charge >= 0.3 is 6.03 Å². The van der Waals surface area contributed by atoms with E-state index in [0.717, 1.165) is 0 Å². The maximum absolute atomic E-state index is 12.9. The molecule has 8 nitrogen and oxygen atoms in total. The first-order chi connectivity index (χ1) is 13.0. The van der Waals surface area contributed by atoms with Gasteiger partial charge in [-0.25, -0.2) is 4.79 Å². The molecule has 0 fully saturated rings. The minimum atomic E-state index is -4.27. The van der Waals surface area contributed by atoms with Crippen molar-refractivity contribution in [3.8, 4) is 0 Å². The summed E-state index contributed by atoms with van der Waals surface area (Å²) in [4.78, 5) is 24.3. The Hall–Kier alpha value is -2.59. The summed E-state index contributed by atoms with van der Waals surface area (Å²) in [6.07, 6.45) is 0. The van der Waals surface area contributed by atoms with Crippen molar-refractivity contribution < 1.29 is 27.0 Å². The Morgan fingerprint density at radius 2 is 1.86 bits per heavy atom. The van der Waals surface area contributed by atoms with Crippen LogP contribution >= 0.6 is 23.2 Å². The molecule has 0 aliphatic rings. The first-order valence-electron chi connectivity index (χ1n) is 7.62. The van der Waals surface area contributed by atoms with Gasteiger partial charge in [-0.1, -0.05) is 29.3 Å². The number of carbonyl (C=O) groups is 2. The highest BCUT2D eigenvalue weighted by molar-refractivity contribution is 7.85. The summed E-state index contributed by atoms with van der Waals surface area (Å²) < 4.78 is 36.7. The molecule has 0 unspecified atom stereocenters. The molecule has 1 heterocycles. The van der Waals surface area contributed by atoms with Crippen molar-refractivity contribution in [2.45, 2.75) is 5.75 Å². The number of amides is 2. The fraction of sp³-hybridized carbons (Fsp3) is 0.0588. The molecule has 3 aromatic rings. The SMILES string of the molecule is NC(=O)Nc1c(C(=O)c2ccc(Cl)cc2Cl)oc2cc(CS(=O)(=O)O)ccc12. The Bertz CT molecular complexity index is 1220. The number of carbonyl (C=O) groups excluding carboxylic acids is 2. The zero-order chi connectivity index (χ0) is 20.6. The van der Waals surface area contributed by atoms with Gasteiger partial charge in [0.15, 0.2) is 5.76 Å². The highest BCUT2D eigenvalue weighted by atomic mass is 35.5. The number of rotatable bonds is 5. The van der Waals surface area contributed by atoms with Crippen LogP contribution in [-0.2, 0) is 15.9 Å². The smallest absolute Gasteiger partial charge is 0.316 e. The molecule has 0 radical (unpaired) electrons. The molecule has 0 saturated heterocycles. The summed E-state index contributed by atoms with van der Waals surface area (Å²) in [6.45, 7) is 0. The van der Waals surface area contributed by atoms with E-state index in [2.05, 4.69) is 5.32 Å². The summed E-state index contributed by atoms with van der Waals surface area (Å²) in [5, 5.41) is 3.05. The molecule has 0 atom stereocenters. The predicted molar refractivity (Wildman–Crippen MR) is 105 cm³/mol. The molecule has 3 rings (SSSR count). The number of hydrogen-bond acceptors (Lipinski definition) is 5. The number of halogens is 2. The molecular weight excluding hydrogens is 431 g/mol. The molecule has 2 aromatic carbocycles. The molecular formula is C17H12Cl2N2O6S. The average Bonchev–Trinajstić information content (AvgIpc) is 2.90. The van der Waals surface area contributed by atoms with E-state index in [9.17, 15) is 18.0 Å². The van der Waals surface area contributed by atoms with Crippen LogP contribution in [-0.4, -0.2) is 24.8 Å². The number of furan rings is 1. The highest BCUT2D eigenvalue weighted by Gasteiger charge is 2.25. The van der Waals surface area contributed by atoms with Gasteiger partial charge in [0.1, 0.15) is 17.0 Å². The van der Waals surface area contributed by atoms with Gasteiger partial charge < -0.3 is 15.5 Å². The van der Waals surface area contributed by atoms with Crippen LogP contribution in [0, 0.1) is 0 Å². The van der Waals surface area contributed by atoms with E-state index in [1.807, 2.05) is 0 Å². The molecule has 2 amide bonds. The molecule has 146 valence electrons. The van der Waals surface area contributed by atoms with Gasteiger partial charge in [0, 0.05) is 16.0 Å². The fourth-order valence-corrected chi connectivity index (χ4v) is 3.74. The van der Waals surface area contributed by atoms with Crippen LogP contribution in [0.25, 0.3) is 11.0 Å². The van der Waals surface area contributed by atoms with Crippen LogP contribution in [0.1, 0.15) is 21.7 Å². The lowest BCUT2D eigenvalue weighted by molar-refractivity contribution is 0.101. The number of benzene rings is 2. The number of anilines is 1. The zero-order valence-electron chi connectivity index (χ0n) is 13.9. The van der Waals surface area contributed by atoms with E-state index in [1.54, 1.807) is 0 Å². The molecule has 0 bridgehead atoms. The number of nitrogens with one attached hydrogen (secondary N) is 1. The number of fused-ring (bicyclic) bond motifs is 1. The first-order valence-corrected chi connectivity index (χ1v) is 9.98. The fourth-order valence-electron chi connectivity index (χ4n) is 2.64. The van der Waals surface area contributed by atoms with Crippen LogP contribution in [0.15, 0.2) is 40.8 Å². The lowest BCUT2D eigenvalue weighted by Crippen LogP contribution is -2.20. The van der Waals surface area contributed by atoms with Crippen molar-refractivity contribution in [3.63, 3.8) is 0 Å². The Morgan fingerprint density at radius 1 is 1.14 bits per heavy atom. The van der Waals surface area contributed by atoms with Gasteiger partial charge in [-0.05, 0) is 35.9 Å². The van der Waals surface area contributed by atoms with E-state index in [-0.39, 0.29) is 33.2 Å². The standard InChI is InChI=1S/C17H12Cl2N2O6S/c18-9-2-4-10(12(19)6-9)15(22)16-14(21-17(20)23)11-3-1-8(5-13(11)27-16)7-28(24,25)26/h1-6H,7H2,(H3,20,21,23)(H,24,25,26). The maximum atomic E-state index is 12.9. The van der Waals surface area contributed by atoms with Crippen molar-refractivity contribution >= 4 is 61.8 Å².